The molecule has 1 saturated carbocycles. The van der Waals surface area contributed by atoms with E-state index in [4.69, 9.17) is 16.3 Å². The van der Waals surface area contributed by atoms with Gasteiger partial charge in [0.1, 0.15) is 6.04 Å². The zero-order valence-corrected chi connectivity index (χ0v) is 27.7. The molecule has 3 aliphatic heterocycles. The van der Waals surface area contributed by atoms with Gasteiger partial charge < -0.3 is 19.4 Å². The summed E-state index contributed by atoms with van der Waals surface area (Å²) in [6.45, 7) is 16.7. The number of likely N-dealkylation sites (tertiary alicyclic amines) is 2. The zero-order valence-electron chi connectivity index (χ0n) is 27.0. The molecule has 1 aromatic carbocycles. The largest absolute Gasteiger partial charge is 0.378 e. The van der Waals surface area contributed by atoms with Crippen molar-refractivity contribution in [1.29, 1.82) is 0 Å². The van der Waals surface area contributed by atoms with Gasteiger partial charge in [-0.3, -0.25) is 19.3 Å². The number of rotatable bonds is 5. The van der Waals surface area contributed by atoms with Gasteiger partial charge in [0.15, 0.2) is 0 Å². The van der Waals surface area contributed by atoms with Crippen molar-refractivity contribution >= 4 is 29.3 Å². The van der Waals surface area contributed by atoms with E-state index < -0.39 is 6.04 Å². The third-order valence-electron chi connectivity index (χ3n) is 10.5. The average molecular weight is 615 g/mol. The Kier molecular flexibility index (Phi) is 9.51. The van der Waals surface area contributed by atoms with Crippen molar-refractivity contribution in [2.45, 2.75) is 103 Å². The van der Waals surface area contributed by atoms with Crippen LogP contribution in [0.25, 0.3) is 0 Å². The lowest BCUT2D eigenvalue weighted by molar-refractivity contribution is -0.148. The number of hydrogen-bond donors (Lipinski definition) is 0. The number of benzene rings is 1. The highest BCUT2D eigenvalue weighted by Crippen LogP contribution is 2.41. The van der Waals surface area contributed by atoms with Crippen LogP contribution in [0.5, 0.6) is 0 Å². The third-order valence-corrected chi connectivity index (χ3v) is 10.8. The molecule has 3 amide bonds. The van der Waals surface area contributed by atoms with Crippen LogP contribution in [0.4, 0.5) is 0 Å². The van der Waals surface area contributed by atoms with Crippen molar-refractivity contribution in [3.05, 3.63) is 34.9 Å². The van der Waals surface area contributed by atoms with Crippen LogP contribution < -0.4 is 0 Å². The third kappa shape index (κ3) is 7.07. The summed E-state index contributed by atoms with van der Waals surface area (Å²) in [5, 5.41) is 0.672. The van der Waals surface area contributed by atoms with Gasteiger partial charge in [0, 0.05) is 62.2 Å². The van der Waals surface area contributed by atoms with Crippen molar-refractivity contribution in [2.24, 2.45) is 11.3 Å². The second kappa shape index (κ2) is 12.7. The lowest BCUT2D eigenvalue weighted by atomic mass is 9.75. The Morgan fingerprint density at radius 3 is 2.14 bits per heavy atom. The number of nitrogens with zero attached hydrogens (tertiary/aromatic N) is 4. The van der Waals surface area contributed by atoms with Crippen LogP contribution in [0.1, 0.15) is 85.1 Å². The number of carbonyl (C=O) groups is 3. The molecule has 0 radical (unpaired) electrons. The fourth-order valence-corrected chi connectivity index (χ4v) is 7.95. The van der Waals surface area contributed by atoms with Crippen LogP contribution in [0.2, 0.25) is 5.02 Å². The van der Waals surface area contributed by atoms with Crippen molar-refractivity contribution in [3.8, 4) is 0 Å². The maximum atomic E-state index is 14.7. The molecule has 8 nitrogen and oxygen atoms in total. The molecule has 4 atom stereocenters. The van der Waals surface area contributed by atoms with Gasteiger partial charge in [-0.05, 0) is 76.0 Å². The molecule has 0 spiro atoms. The summed E-state index contributed by atoms with van der Waals surface area (Å²) in [5.74, 6) is -0.248. The molecule has 9 heteroatoms. The molecule has 0 N–H and O–H groups in total. The molecule has 0 aromatic heterocycles. The van der Waals surface area contributed by atoms with Gasteiger partial charge in [-0.15, -0.1) is 0 Å². The smallest absolute Gasteiger partial charge is 0.245 e. The average Bonchev–Trinajstić information content (AvgIpc) is 3.60. The SMILES string of the molecule is CC(=O)N(C1CCC(C)(C)CC1)[C@H]1C[C@@H](C(=O)N2CCOCC2)N(C(=O)[C@@H]2CN(C(C)(C)C)C[C@H]2c2ccc(Cl)cc2)C1. The molecule has 0 unspecified atom stereocenters. The minimum absolute atomic E-state index is 0.00772. The Hall–Kier alpha value is -2.16. The van der Waals surface area contributed by atoms with Crippen LogP contribution in [-0.4, -0.2) is 107 Å². The van der Waals surface area contributed by atoms with Gasteiger partial charge in [0.25, 0.3) is 0 Å². The monoisotopic (exact) mass is 614 g/mol. The van der Waals surface area contributed by atoms with Crippen molar-refractivity contribution in [1.82, 2.24) is 19.6 Å². The van der Waals surface area contributed by atoms with Crippen LogP contribution in [0.15, 0.2) is 24.3 Å². The number of ether oxygens (including phenoxy) is 1. The highest BCUT2D eigenvalue weighted by atomic mass is 35.5. The first-order valence-corrected chi connectivity index (χ1v) is 16.6. The van der Waals surface area contributed by atoms with E-state index in [2.05, 4.69) is 39.5 Å². The van der Waals surface area contributed by atoms with Crippen molar-refractivity contribution in [2.75, 3.05) is 45.9 Å². The number of morpholine rings is 1. The fraction of sp³-hybridized carbons (Fsp3) is 0.735. The molecular formula is C34H51ClN4O4. The number of amides is 3. The maximum absolute atomic E-state index is 14.7. The molecule has 4 aliphatic rings. The Morgan fingerprint density at radius 1 is 0.930 bits per heavy atom. The molecule has 0 bridgehead atoms. The summed E-state index contributed by atoms with van der Waals surface area (Å²) in [5.41, 5.74) is 1.27. The molecule has 43 heavy (non-hydrogen) atoms. The normalized spacial score (nSPS) is 28.7. The summed E-state index contributed by atoms with van der Waals surface area (Å²) in [7, 11) is 0. The van der Waals surface area contributed by atoms with E-state index >= 15 is 0 Å². The minimum atomic E-state index is -0.577. The van der Waals surface area contributed by atoms with Crippen molar-refractivity contribution in [3.63, 3.8) is 0 Å². The summed E-state index contributed by atoms with van der Waals surface area (Å²) >= 11 is 6.23. The molecule has 5 rings (SSSR count). The van der Waals surface area contributed by atoms with E-state index in [1.807, 2.05) is 39.0 Å². The molecular weight excluding hydrogens is 564 g/mol. The Bertz CT molecular complexity index is 1170. The van der Waals surface area contributed by atoms with Gasteiger partial charge in [0.2, 0.25) is 17.7 Å². The Labute approximate surface area is 263 Å². The van der Waals surface area contributed by atoms with E-state index in [1.165, 1.54) is 0 Å². The minimum Gasteiger partial charge on any atom is -0.378 e. The van der Waals surface area contributed by atoms with E-state index in [9.17, 15) is 14.4 Å². The van der Waals surface area contributed by atoms with E-state index in [-0.39, 0.29) is 52.6 Å². The molecule has 1 aliphatic carbocycles. The molecule has 3 heterocycles. The van der Waals surface area contributed by atoms with Gasteiger partial charge in [-0.2, -0.15) is 0 Å². The number of halogens is 1. The summed E-state index contributed by atoms with van der Waals surface area (Å²) in [4.78, 5) is 50.2. The Balaban J connectivity index is 1.45. The first-order valence-electron chi connectivity index (χ1n) is 16.2. The molecule has 3 saturated heterocycles. The first kappa shape index (κ1) is 32.2. The van der Waals surface area contributed by atoms with Crippen LogP contribution in [0.3, 0.4) is 0 Å². The highest BCUT2D eigenvalue weighted by Gasteiger charge is 2.50. The second-order valence-electron chi connectivity index (χ2n) is 15.0. The second-order valence-corrected chi connectivity index (χ2v) is 15.4. The maximum Gasteiger partial charge on any atom is 0.245 e. The number of hydrogen-bond acceptors (Lipinski definition) is 5. The van der Waals surface area contributed by atoms with Crippen LogP contribution in [0, 0.1) is 11.3 Å². The van der Waals surface area contributed by atoms with Crippen molar-refractivity contribution < 1.29 is 19.1 Å². The Morgan fingerprint density at radius 2 is 1.56 bits per heavy atom. The summed E-state index contributed by atoms with van der Waals surface area (Å²) in [6.07, 6.45) is 4.55. The van der Waals surface area contributed by atoms with E-state index in [0.717, 1.165) is 37.8 Å². The lowest BCUT2D eigenvalue weighted by Crippen LogP contribution is -2.52. The predicted molar refractivity (Wildman–Crippen MR) is 169 cm³/mol. The highest BCUT2D eigenvalue weighted by molar-refractivity contribution is 6.30. The number of carbonyl (C=O) groups excluding carboxylic acids is 3. The van der Waals surface area contributed by atoms with Gasteiger partial charge in [0.05, 0.1) is 25.2 Å². The fourth-order valence-electron chi connectivity index (χ4n) is 7.82. The van der Waals surface area contributed by atoms with Crippen LogP contribution in [-0.2, 0) is 19.1 Å². The van der Waals surface area contributed by atoms with E-state index in [0.29, 0.717) is 50.8 Å². The predicted octanol–water partition coefficient (Wildman–Crippen LogP) is 4.80. The van der Waals surface area contributed by atoms with E-state index in [1.54, 1.807) is 6.92 Å². The summed E-state index contributed by atoms with van der Waals surface area (Å²) < 4.78 is 5.53. The van der Waals surface area contributed by atoms with Gasteiger partial charge in [-0.1, -0.05) is 37.6 Å². The van der Waals surface area contributed by atoms with Gasteiger partial charge in [-0.25, -0.2) is 0 Å². The topological polar surface area (TPSA) is 73.4 Å². The van der Waals surface area contributed by atoms with Crippen LogP contribution >= 0.6 is 11.6 Å². The lowest BCUT2D eigenvalue weighted by Gasteiger charge is -2.42. The molecule has 4 fully saturated rings. The van der Waals surface area contributed by atoms with Gasteiger partial charge >= 0.3 is 0 Å². The quantitative estimate of drug-likeness (QED) is 0.476. The molecule has 1 aromatic rings. The standard InChI is InChI=1S/C34H51ClN4O4/c1-23(40)39(26-11-13-34(5,6)14-12-26)27-19-30(32(42)36-15-17-43-18-16-36)38(20-27)31(41)29-22-37(33(2,3)4)21-28(29)24-7-9-25(35)10-8-24/h7-10,26-30H,11-22H2,1-6H3/t27-,28-,29+,30-/m0/s1. The summed E-state index contributed by atoms with van der Waals surface area (Å²) in [6, 6.07) is 7.25. The zero-order chi connectivity index (χ0) is 31.1. The molecule has 238 valence electrons. The first-order chi connectivity index (χ1) is 20.2.